The summed E-state index contributed by atoms with van der Waals surface area (Å²) in [6.45, 7) is 5.26. The summed E-state index contributed by atoms with van der Waals surface area (Å²) in [6, 6.07) is 0. The van der Waals surface area contributed by atoms with E-state index in [0.717, 1.165) is 39.0 Å². The smallest absolute Gasteiger partial charge is 0.308 e. The first-order valence-corrected chi connectivity index (χ1v) is 7.10. The van der Waals surface area contributed by atoms with Crippen LogP contribution >= 0.6 is 0 Å². The highest BCUT2D eigenvalue weighted by molar-refractivity contribution is 5.79. The number of carboxylic acid groups (broad SMARTS) is 1. The van der Waals surface area contributed by atoms with Crippen LogP contribution in [-0.4, -0.2) is 72.6 Å². The molecule has 6 nitrogen and oxygen atoms in total. The Bertz CT molecular complexity index is 327. The van der Waals surface area contributed by atoms with E-state index >= 15 is 0 Å². The summed E-state index contributed by atoms with van der Waals surface area (Å²) in [4.78, 5) is 27.1. The van der Waals surface area contributed by atoms with E-state index in [1.807, 2.05) is 0 Å². The van der Waals surface area contributed by atoms with Gasteiger partial charge >= 0.3 is 5.97 Å². The number of amides is 1. The standard InChI is InChI=1S/C13H23N3O3/c17-12(10-15-6-2-4-14-5-8-15)16-7-1-3-11(9-16)13(18)19/h11,14H,1-10H2,(H,18,19)/t11-/m1/s1. The molecule has 0 aliphatic carbocycles. The maximum Gasteiger partial charge on any atom is 0.308 e. The van der Waals surface area contributed by atoms with E-state index in [-0.39, 0.29) is 11.8 Å². The molecule has 2 N–H and O–H groups in total. The quantitative estimate of drug-likeness (QED) is 0.730. The van der Waals surface area contributed by atoms with E-state index in [1.165, 1.54) is 0 Å². The van der Waals surface area contributed by atoms with E-state index in [2.05, 4.69) is 10.2 Å². The second-order valence-corrected chi connectivity index (χ2v) is 5.40. The highest BCUT2D eigenvalue weighted by atomic mass is 16.4. The second kappa shape index (κ2) is 6.86. The summed E-state index contributed by atoms with van der Waals surface area (Å²) in [7, 11) is 0. The molecule has 1 amide bonds. The van der Waals surface area contributed by atoms with Crippen LogP contribution in [0.1, 0.15) is 19.3 Å². The van der Waals surface area contributed by atoms with Gasteiger partial charge in [0.05, 0.1) is 12.5 Å². The van der Waals surface area contributed by atoms with Gasteiger partial charge in [-0.15, -0.1) is 0 Å². The molecular formula is C13H23N3O3. The summed E-state index contributed by atoms with van der Waals surface area (Å²) in [5.74, 6) is -1.09. The van der Waals surface area contributed by atoms with Gasteiger partial charge in [-0.3, -0.25) is 14.5 Å². The van der Waals surface area contributed by atoms with Crippen molar-refractivity contribution in [2.75, 3.05) is 45.8 Å². The molecule has 0 bridgehead atoms. The lowest BCUT2D eigenvalue weighted by atomic mass is 9.98. The Balaban J connectivity index is 1.83. The van der Waals surface area contributed by atoms with Crippen LogP contribution in [0, 0.1) is 5.92 Å². The van der Waals surface area contributed by atoms with Crippen LogP contribution in [0.2, 0.25) is 0 Å². The lowest BCUT2D eigenvalue weighted by molar-refractivity contribution is -0.145. The van der Waals surface area contributed by atoms with Crippen molar-refractivity contribution in [3.05, 3.63) is 0 Å². The minimum atomic E-state index is -0.781. The Morgan fingerprint density at radius 3 is 2.79 bits per heavy atom. The zero-order valence-corrected chi connectivity index (χ0v) is 11.3. The molecule has 2 rings (SSSR count). The molecular weight excluding hydrogens is 246 g/mol. The summed E-state index contributed by atoms with van der Waals surface area (Å²) in [5.41, 5.74) is 0. The molecule has 0 saturated carbocycles. The number of carbonyl (C=O) groups excluding carboxylic acids is 1. The van der Waals surface area contributed by atoms with Crippen LogP contribution in [0.3, 0.4) is 0 Å². The maximum atomic E-state index is 12.2. The molecule has 0 aromatic carbocycles. The van der Waals surface area contributed by atoms with E-state index < -0.39 is 5.97 Å². The van der Waals surface area contributed by atoms with Crippen molar-refractivity contribution in [1.82, 2.24) is 15.1 Å². The van der Waals surface area contributed by atoms with E-state index in [0.29, 0.717) is 26.1 Å². The van der Waals surface area contributed by atoms with Gasteiger partial charge in [-0.05, 0) is 32.4 Å². The highest BCUT2D eigenvalue weighted by Crippen LogP contribution is 2.16. The normalized spacial score (nSPS) is 25.9. The second-order valence-electron chi connectivity index (χ2n) is 5.40. The van der Waals surface area contributed by atoms with Crippen molar-refractivity contribution in [3.63, 3.8) is 0 Å². The molecule has 2 saturated heterocycles. The molecule has 0 aromatic rings. The van der Waals surface area contributed by atoms with Crippen molar-refractivity contribution in [2.24, 2.45) is 5.92 Å². The SMILES string of the molecule is O=C(O)[C@@H]1CCCN(C(=O)CN2CCCNCC2)C1. The number of carbonyl (C=O) groups is 2. The third kappa shape index (κ3) is 4.18. The highest BCUT2D eigenvalue weighted by Gasteiger charge is 2.28. The van der Waals surface area contributed by atoms with Gasteiger partial charge in [-0.2, -0.15) is 0 Å². The number of carboxylic acids is 1. The van der Waals surface area contributed by atoms with E-state index in [4.69, 9.17) is 5.11 Å². The third-order valence-corrected chi connectivity index (χ3v) is 3.91. The lowest BCUT2D eigenvalue weighted by Gasteiger charge is -2.32. The summed E-state index contributed by atoms with van der Waals surface area (Å²) >= 11 is 0. The summed E-state index contributed by atoms with van der Waals surface area (Å²) in [6.07, 6.45) is 2.54. The van der Waals surface area contributed by atoms with Crippen LogP contribution < -0.4 is 5.32 Å². The molecule has 0 spiro atoms. The van der Waals surface area contributed by atoms with Gasteiger partial charge in [0.25, 0.3) is 0 Å². The van der Waals surface area contributed by atoms with Crippen LogP contribution in [0.4, 0.5) is 0 Å². The zero-order chi connectivity index (χ0) is 13.7. The zero-order valence-electron chi connectivity index (χ0n) is 11.3. The minimum Gasteiger partial charge on any atom is -0.481 e. The Morgan fingerprint density at radius 2 is 2.00 bits per heavy atom. The van der Waals surface area contributed by atoms with Crippen LogP contribution in [0.15, 0.2) is 0 Å². The predicted octanol–water partition coefficient (Wildman–Crippen LogP) is -0.395. The Kier molecular flexibility index (Phi) is 5.15. The first kappa shape index (κ1) is 14.3. The van der Waals surface area contributed by atoms with E-state index in [1.54, 1.807) is 4.90 Å². The minimum absolute atomic E-state index is 0.0767. The monoisotopic (exact) mass is 269 g/mol. The molecule has 0 unspecified atom stereocenters. The Morgan fingerprint density at radius 1 is 1.16 bits per heavy atom. The molecule has 1 atom stereocenters. The van der Waals surface area contributed by atoms with Gasteiger partial charge in [0.2, 0.25) is 5.91 Å². The number of piperidine rings is 1. The topological polar surface area (TPSA) is 72.9 Å². The molecule has 6 heteroatoms. The average molecular weight is 269 g/mol. The van der Waals surface area contributed by atoms with Gasteiger partial charge in [-0.1, -0.05) is 0 Å². The number of hydrogen-bond donors (Lipinski definition) is 2. The van der Waals surface area contributed by atoms with Gasteiger partial charge in [-0.25, -0.2) is 0 Å². The van der Waals surface area contributed by atoms with E-state index in [9.17, 15) is 9.59 Å². The molecule has 108 valence electrons. The van der Waals surface area contributed by atoms with Gasteiger partial charge < -0.3 is 15.3 Å². The molecule has 0 aromatic heterocycles. The lowest BCUT2D eigenvalue weighted by Crippen LogP contribution is -2.47. The van der Waals surface area contributed by atoms with Crippen molar-refractivity contribution in [1.29, 1.82) is 0 Å². The van der Waals surface area contributed by atoms with Crippen LogP contribution in [-0.2, 0) is 9.59 Å². The fourth-order valence-electron chi connectivity index (χ4n) is 2.76. The number of rotatable bonds is 3. The predicted molar refractivity (Wildman–Crippen MR) is 70.9 cm³/mol. The van der Waals surface area contributed by atoms with Crippen molar-refractivity contribution in [3.8, 4) is 0 Å². The van der Waals surface area contributed by atoms with Gasteiger partial charge in [0.1, 0.15) is 0 Å². The number of aliphatic carboxylic acids is 1. The number of nitrogens with one attached hydrogen (secondary N) is 1. The molecule has 2 fully saturated rings. The third-order valence-electron chi connectivity index (χ3n) is 3.91. The Labute approximate surface area is 113 Å². The molecule has 2 aliphatic rings. The fourth-order valence-corrected chi connectivity index (χ4v) is 2.76. The summed E-state index contributed by atoms with van der Waals surface area (Å²) in [5, 5.41) is 12.3. The van der Waals surface area contributed by atoms with Crippen molar-refractivity contribution >= 4 is 11.9 Å². The molecule has 2 aliphatic heterocycles. The number of likely N-dealkylation sites (tertiary alicyclic amines) is 1. The number of hydrogen-bond acceptors (Lipinski definition) is 4. The van der Waals surface area contributed by atoms with Crippen molar-refractivity contribution < 1.29 is 14.7 Å². The molecule has 19 heavy (non-hydrogen) atoms. The molecule has 2 heterocycles. The largest absolute Gasteiger partial charge is 0.481 e. The Hall–Kier alpha value is -1.14. The maximum absolute atomic E-state index is 12.2. The van der Waals surface area contributed by atoms with Gasteiger partial charge in [0.15, 0.2) is 0 Å². The average Bonchev–Trinajstić information content (AvgIpc) is 2.67. The number of nitrogens with zero attached hydrogens (tertiary/aromatic N) is 2. The molecule has 0 radical (unpaired) electrons. The van der Waals surface area contributed by atoms with Crippen molar-refractivity contribution in [2.45, 2.75) is 19.3 Å². The van der Waals surface area contributed by atoms with Gasteiger partial charge in [0, 0.05) is 26.2 Å². The summed E-state index contributed by atoms with van der Waals surface area (Å²) < 4.78 is 0. The van der Waals surface area contributed by atoms with Crippen LogP contribution in [0.25, 0.3) is 0 Å². The first-order chi connectivity index (χ1) is 9.16. The first-order valence-electron chi connectivity index (χ1n) is 7.10. The fraction of sp³-hybridized carbons (Fsp3) is 0.846. The van der Waals surface area contributed by atoms with Crippen LogP contribution in [0.5, 0.6) is 0 Å².